The van der Waals surface area contributed by atoms with E-state index >= 15 is 0 Å². The average Bonchev–Trinajstić information content (AvgIpc) is 2.75. The summed E-state index contributed by atoms with van der Waals surface area (Å²) in [6, 6.07) is 5.89. The lowest BCUT2D eigenvalue weighted by Crippen LogP contribution is -2.43. The Balaban J connectivity index is 1.93. The molecule has 31 heavy (non-hydrogen) atoms. The maximum Gasteiger partial charge on any atom is 0.251 e. The summed E-state index contributed by atoms with van der Waals surface area (Å²) < 4.78 is 0. The zero-order valence-corrected chi connectivity index (χ0v) is 21.0. The van der Waals surface area contributed by atoms with Crippen LogP contribution in [0.25, 0.3) is 0 Å². The predicted molar refractivity (Wildman–Crippen MR) is 136 cm³/mol. The van der Waals surface area contributed by atoms with Crippen molar-refractivity contribution >= 4 is 32.5 Å². The third-order valence-corrected chi connectivity index (χ3v) is 8.61. The number of phenolic OH excluding ortho intramolecular Hbond substituents is 1. The Morgan fingerprint density at radius 3 is 1.90 bits per heavy atom. The molecule has 0 aromatic heterocycles. The van der Waals surface area contributed by atoms with Crippen molar-refractivity contribution in [2.24, 2.45) is 5.41 Å². The van der Waals surface area contributed by atoms with E-state index in [2.05, 4.69) is 60.8 Å². The lowest BCUT2D eigenvalue weighted by molar-refractivity contribution is 0.0954. The van der Waals surface area contributed by atoms with Crippen LogP contribution >= 0.6 is 0 Å². The number of phenols is 1. The van der Waals surface area contributed by atoms with Gasteiger partial charge in [-0.05, 0) is 70.8 Å². The molecule has 1 aliphatic carbocycles. The van der Waals surface area contributed by atoms with E-state index in [1.807, 2.05) is 33.8 Å². The number of amides is 1. The lowest BCUT2D eigenvalue weighted by atomic mass is 9.58. The van der Waals surface area contributed by atoms with Crippen LogP contribution in [0, 0.1) is 19.3 Å². The van der Waals surface area contributed by atoms with E-state index in [4.69, 9.17) is 0 Å². The number of rotatable bonds is 4. The molecule has 2 aromatic rings. The number of hydrogen-bond acceptors (Lipinski definition) is 2. The zero-order valence-electron chi connectivity index (χ0n) is 21.0. The van der Waals surface area contributed by atoms with Crippen molar-refractivity contribution in [2.75, 3.05) is 6.54 Å². The minimum absolute atomic E-state index is 0.0224. The fraction of sp³-hybridized carbons (Fsp3) is 0.500. The quantitative estimate of drug-likeness (QED) is 0.749. The Labute approximate surface area is 189 Å². The lowest BCUT2D eigenvalue weighted by Gasteiger charge is -2.45. The number of hydrogen-bond donors (Lipinski definition) is 2. The fourth-order valence-corrected chi connectivity index (χ4v) is 5.83. The van der Waals surface area contributed by atoms with Gasteiger partial charge in [-0.2, -0.15) is 0 Å². The van der Waals surface area contributed by atoms with Gasteiger partial charge in [0.05, 0.1) is 0 Å². The Hall–Kier alpha value is -2.16. The highest BCUT2D eigenvalue weighted by molar-refractivity contribution is 6.40. The second-order valence-electron chi connectivity index (χ2n) is 11.1. The van der Waals surface area contributed by atoms with E-state index in [9.17, 15) is 9.90 Å². The highest BCUT2D eigenvalue weighted by atomic mass is 16.3. The van der Waals surface area contributed by atoms with Gasteiger partial charge in [-0.15, -0.1) is 0 Å². The topological polar surface area (TPSA) is 49.3 Å². The van der Waals surface area contributed by atoms with E-state index in [1.165, 1.54) is 16.6 Å². The van der Waals surface area contributed by atoms with Gasteiger partial charge in [0.2, 0.25) is 0 Å². The van der Waals surface area contributed by atoms with E-state index in [0.29, 0.717) is 24.3 Å². The molecule has 0 heterocycles. The molecular weight excluding hydrogens is 380 g/mol. The van der Waals surface area contributed by atoms with Crippen LogP contribution in [0.15, 0.2) is 18.2 Å². The molecule has 0 radical (unpaired) electrons. The first-order valence-corrected chi connectivity index (χ1v) is 11.4. The van der Waals surface area contributed by atoms with E-state index in [0.717, 1.165) is 22.2 Å². The van der Waals surface area contributed by atoms with Crippen LogP contribution in [0.2, 0.25) is 0 Å². The van der Waals surface area contributed by atoms with Crippen molar-refractivity contribution in [3.63, 3.8) is 0 Å². The number of aryl methyl sites for hydroxylation is 2. The summed E-state index contributed by atoms with van der Waals surface area (Å²) in [4.78, 5) is 12.7. The summed E-state index contributed by atoms with van der Waals surface area (Å²) in [5.41, 5.74) is 8.60. The normalized spacial score (nSPS) is 17.9. The van der Waals surface area contributed by atoms with Crippen molar-refractivity contribution in [1.82, 2.24) is 5.32 Å². The van der Waals surface area contributed by atoms with Crippen LogP contribution in [0.1, 0.15) is 79.7 Å². The smallest absolute Gasteiger partial charge is 0.251 e. The molecule has 3 rings (SSSR count). The highest BCUT2D eigenvalue weighted by Gasteiger charge is 2.58. The third kappa shape index (κ3) is 3.41. The second-order valence-corrected chi connectivity index (χ2v) is 11.1. The van der Waals surface area contributed by atoms with Gasteiger partial charge < -0.3 is 10.4 Å². The molecule has 164 valence electrons. The maximum atomic E-state index is 12.7. The van der Waals surface area contributed by atoms with Crippen LogP contribution in [-0.2, 0) is 17.3 Å². The Morgan fingerprint density at radius 2 is 1.39 bits per heavy atom. The molecule has 0 spiro atoms. The van der Waals surface area contributed by atoms with E-state index in [1.54, 1.807) is 0 Å². The maximum absolute atomic E-state index is 12.7. The molecule has 0 aliphatic heterocycles. The molecule has 2 aromatic carbocycles. The van der Waals surface area contributed by atoms with Gasteiger partial charge >= 0.3 is 0 Å². The molecule has 0 saturated carbocycles. The molecule has 3 nitrogen and oxygen atoms in total. The Morgan fingerprint density at radius 1 is 0.903 bits per heavy atom. The minimum atomic E-state index is -0.0654. The van der Waals surface area contributed by atoms with Gasteiger partial charge in [0.25, 0.3) is 5.91 Å². The molecule has 0 fully saturated rings. The van der Waals surface area contributed by atoms with Gasteiger partial charge in [-0.25, -0.2) is 0 Å². The van der Waals surface area contributed by atoms with Crippen molar-refractivity contribution < 1.29 is 9.90 Å². The van der Waals surface area contributed by atoms with Crippen molar-refractivity contribution in [2.45, 2.75) is 72.6 Å². The summed E-state index contributed by atoms with van der Waals surface area (Å²) in [6.07, 6.45) is 0.610. The van der Waals surface area contributed by atoms with Crippen molar-refractivity contribution in [3.8, 4) is 5.75 Å². The molecule has 0 atom stereocenters. The van der Waals surface area contributed by atoms with Crippen LogP contribution in [0.3, 0.4) is 0 Å². The van der Waals surface area contributed by atoms with Crippen LogP contribution < -0.4 is 16.2 Å². The van der Waals surface area contributed by atoms with Crippen molar-refractivity contribution in [1.29, 1.82) is 0 Å². The number of fused-ring (bicyclic) bond motifs is 1. The highest BCUT2D eigenvalue weighted by Crippen LogP contribution is 2.60. The van der Waals surface area contributed by atoms with Gasteiger partial charge in [0, 0.05) is 12.1 Å². The molecule has 5 heteroatoms. The van der Waals surface area contributed by atoms with E-state index in [-0.39, 0.29) is 22.2 Å². The zero-order chi connectivity index (χ0) is 23.5. The van der Waals surface area contributed by atoms with Crippen LogP contribution in [-0.4, -0.2) is 33.3 Å². The second kappa shape index (κ2) is 7.46. The van der Waals surface area contributed by atoms with Gasteiger partial charge in [0.15, 0.2) is 0 Å². The summed E-state index contributed by atoms with van der Waals surface area (Å²) in [6.45, 7) is 18.4. The van der Waals surface area contributed by atoms with Gasteiger partial charge in [-0.1, -0.05) is 64.2 Å². The number of nitrogens with one attached hydrogen (secondary N) is 1. The van der Waals surface area contributed by atoms with Crippen LogP contribution in [0.4, 0.5) is 0 Å². The summed E-state index contributed by atoms with van der Waals surface area (Å²) in [7, 11) is 4.18. The predicted octanol–water partition coefficient (Wildman–Crippen LogP) is 2.09. The van der Waals surface area contributed by atoms with Gasteiger partial charge in [-0.3, -0.25) is 4.79 Å². The molecule has 1 aliphatic rings. The Kier molecular flexibility index (Phi) is 5.66. The standard InChI is InChI=1S/C26H37B2NO2/c1-14-11-15(2)13-16(12-14)23(31)29-10-9-17-20(27)18-19(21(28)22(17)30)25(5,6)26(7,8)24(18,3)4/h11-13,30H,9-10,27-28H2,1-8H3,(H,29,31). The first-order chi connectivity index (χ1) is 14.1. The summed E-state index contributed by atoms with van der Waals surface area (Å²) in [5.74, 6) is 0.322. The average molecular weight is 417 g/mol. The molecule has 0 unspecified atom stereocenters. The third-order valence-electron chi connectivity index (χ3n) is 8.61. The van der Waals surface area contributed by atoms with Gasteiger partial charge in [0.1, 0.15) is 21.4 Å². The molecule has 1 amide bonds. The van der Waals surface area contributed by atoms with Crippen molar-refractivity contribution in [3.05, 3.63) is 51.6 Å². The molecule has 0 bridgehead atoms. The largest absolute Gasteiger partial charge is 0.508 e. The number of carbonyl (C=O) groups excluding carboxylic acids is 1. The SMILES string of the molecule is Bc1c(O)c(CCNC(=O)c2cc(C)cc(C)c2)c(B)c2c1C(C)(C)C(C)(C)C2(C)C. The summed E-state index contributed by atoms with van der Waals surface area (Å²) >= 11 is 0. The summed E-state index contributed by atoms with van der Waals surface area (Å²) in [5, 5.41) is 14.2. The number of aromatic hydroxyl groups is 1. The molecule has 0 saturated heterocycles. The first kappa shape index (κ1) is 23.5. The van der Waals surface area contributed by atoms with E-state index < -0.39 is 0 Å². The monoisotopic (exact) mass is 417 g/mol. The fourth-order valence-electron chi connectivity index (χ4n) is 5.83. The number of benzene rings is 2. The van der Waals surface area contributed by atoms with Crippen LogP contribution in [0.5, 0.6) is 5.75 Å². The molecule has 2 N–H and O–H groups in total. The minimum Gasteiger partial charge on any atom is -0.508 e. The first-order valence-electron chi connectivity index (χ1n) is 11.4. The number of carbonyl (C=O) groups is 1. The Bertz CT molecular complexity index is 1050. The molecular formula is C26H37B2NO2.